The maximum absolute atomic E-state index is 5.89. The second kappa shape index (κ2) is 12.3. The highest BCUT2D eigenvalue weighted by Crippen LogP contribution is 2.18. The van der Waals surface area contributed by atoms with Gasteiger partial charge in [-0.15, -0.1) is 0 Å². The average molecular weight is 396 g/mol. The summed E-state index contributed by atoms with van der Waals surface area (Å²) >= 11 is 5.89. The van der Waals surface area contributed by atoms with Crippen molar-refractivity contribution in [2.45, 2.75) is 12.8 Å². The lowest BCUT2D eigenvalue weighted by atomic mass is 10.2. The molecule has 2 rings (SSSR count). The normalized spacial score (nSPS) is 11.6. The molecule has 0 saturated carbocycles. The molecule has 1 heterocycles. The van der Waals surface area contributed by atoms with E-state index in [2.05, 4.69) is 25.8 Å². The van der Waals surface area contributed by atoms with E-state index in [1.165, 1.54) is 0 Å². The van der Waals surface area contributed by atoms with Gasteiger partial charge in [0, 0.05) is 50.9 Å². The number of nitrogens with zero attached hydrogens (tertiary/aromatic N) is 3. The zero-order valence-corrected chi connectivity index (χ0v) is 16.5. The summed E-state index contributed by atoms with van der Waals surface area (Å²) in [6, 6.07) is 7.32. The van der Waals surface area contributed by atoms with Crippen molar-refractivity contribution < 1.29 is 14.0 Å². The van der Waals surface area contributed by atoms with E-state index < -0.39 is 0 Å². The van der Waals surface area contributed by atoms with Crippen molar-refractivity contribution in [3.05, 3.63) is 35.2 Å². The van der Waals surface area contributed by atoms with E-state index in [1.54, 1.807) is 26.3 Å². The first-order valence-electron chi connectivity index (χ1n) is 8.82. The standard InChI is InChI=1S/C18H26ClN5O3/c1-20-18(21-9-3-11-26-13-12-25-2)22-10-8-16-23-17(24-27-16)14-4-6-15(19)7-5-14/h4-7H,3,8-13H2,1-2H3,(H2,20,21,22). The third kappa shape index (κ3) is 7.94. The third-order valence-electron chi connectivity index (χ3n) is 3.62. The highest BCUT2D eigenvalue weighted by atomic mass is 35.5. The topological polar surface area (TPSA) is 93.8 Å². The van der Waals surface area contributed by atoms with Crippen molar-refractivity contribution in [1.29, 1.82) is 0 Å². The Morgan fingerprint density at radius 3 is 2.67 bits per heavy atom. The monoisotopic (exact) mass is 395 g/mol. The molecule has 0 unspecified atom stereocenters. The lowest BCUT2D eigenvalue weighted by molar-refractivity contribution is 0.0698. The molecule has 0 atom stereocenters. The van der Waals surface area contributed by atoms with Crippen molar-refractivity contribution in [2.24, 2.45) is 4.99 Å². The Hall–Kier alpha value is -2.16. The second-order valence-corrected chi connectivity index (χ2v) is 6.09. The average Bonchev–Trinajstić information content (AvgIpc) is 3.15. The Morgan fingerprint density at radius 2 is 1.93 bits per heavy atom. The van der Waals surface area contributed by atoms with Gasteiger partial charge in [-0.25, -0.2) is 0 Å². The number of benzene rings is 1. The summed E-state index contributed by atoms with van der Waals surface area (Å²) in [5.41, 5.74) is 0.868. The van der Waals surface area contributed by atoms with Crippen LogP contribution in [-0.2, 0) is 15.9 Å². The van der Waals surface area contributed by atoms with Crippen LogP contribution in [0.2, 0.25) is 5.02 Å². The van der Waals surface area contributed by atoms with E-state index in [1.807, 2.05) is 12.1 Å². The molecule has 0 saturated heterocycles. The number of aromatic nitrogens is 2. The molecular weight excluding hydrogens is 370 g/mol. The van der Waals surface area contributed by atoms with Crippen LogP contribution in [0.4, 0.5) is 0 Å². The molecule has 9 heteroatoms. The summed E-state index contributed by atoms with van der Waals surface area (Å²) in [5, 5.41) is 11.1. The number of rotatable bonds is 11. The Bertz CT molecular complexity index is 691. The van der Waals surface area contributed by atoms with Gasteiger partial charge < -0.3 is 24.6 Å². The molecule has 2 aromatic rings. The third-order valence-corrected chi connectivity index (χ3v) is 3.87. The van der Waals surface area contributed by atoms with E-state index in [0.717, 1.165) is 24.5 Å². The Morgan fingerprint density at radius 1 is 1.15 bits per heavy atom. The van der Waals surface area contributed by atoms with Gasteiger partial charge in [-0.1, -0.05) is 16.8 Å². The van der Waals surface area contributed by atoms with Gasteiger partial charge in [0.1, 0.15) is 0 Å². The summed E-state index contributed by atoms with van der Waals surface area (Å²) in [6.07, 6.45) is 1.49. The van der Waals surface area contributed by atoms with Crippen LogP contribution in [0.3, 0.4) is 0 Å². The highest BCUT2D eigenvalue weighted by Gasteiger charge is 2.08. The lowest BCUT2D eigenvalue weighted by Gasteiger charge is -2.11. The van der Waals surface area contributed by atoms with Gasteiger partial charge in [0.2, 0.25) is 11.7 Å². The van der Waals surface area contributed by atoms with E-state index in [4.69, 9.17) is 25.6 Å². The van der Waals surface area contributed by atoms with Gasteiger partial charge >= 0.3 is 0 Å². The van der Waals surface area contributed by atoms with Crippen LogP contribution in [0.1, 0.15) is 12.3 Å². The van der Waals surface area contributed by atoms with Gasteiger partial charge in [0.15, 0.2) is 5.96 Å². The zero-order chi connectivity index (χ0) is 19.3. The molecule has 0 aliphatic carbocycles. The largest absolute Gasteiger partial charge is 0.382 e. The molecule has 0 aliphatic heterocycles. The van der Waals surface area contributed by atoms with Crippen LogP contribution in [-0.4, -0.2) is 63.2 Å². The van der Waals surface area contributed by atoms with Crippen LogP contribution in [0, 0.1) is 0 Å². The number of guanidine groups is 1. The predicted octanol–water partition coefficient (Wildman–Crippen LogP) is 2.15. The Labute approximate surface area is 164 Å². The summed E-state index contributed by atoms with van der Waals surface area (Å²) in [6.45, 7) is 3.32. The van der Waals surface area contributed by atoms with Crippen molar-refractivity contribution in [1.82, 2.24) is 20.8 Å². The fourth-order valence-electron chi connectivity index (χ4n) is 2.21. The van der Waals surface area contributed by atoms with Crippen LogP contribution >= 0.6 is 11.6 Å². The smallest absolute Gasteiger partial charge is 0.228 e. The van der Waals surface area contributed by atoms with Gasteiger partial charge in [-0.05, 0) is 30.7 Å². The minimum atomic E-state index is 0.553. The lowest BCUT2D eigenvalue weighted by Crippen LogP contribution is -2.39. The SMILES string of the molecule is CN=C(NCCCOCCOC)NCCc1nc(-c2ccc(Cl)cc2)no1. The number of methoxy groups -OCH3 is 1. The zero-order valence-electron chi connectivity index (χ0n) is 15.7. The second-order valence-electron chi connectivity index (χ2n) is 5.65. The number of hydrogen-bond donors (Lipinski definition) is 2. The highest BCUT2D eigenvalue weighted by molar-refractivity contribution is 6.30. The molecule has 0 amide bonds. The maximum Gasteiger partial charge on any atom is 0.228 e. The summed E-state index contributed by atoms with van der Waals surface area (Å²) in [4.78, 5) is 8.58. The van der Waals surface area contributed by atoms with Crippen molar-refractivity contribution >= 4 is 17.6 Å². The number of hydrogen-bond acceptors (Lipinski definition) is 6. The van der Waals surface area contributed by atoms with Crippen LogP contribution in [0.5, 0.6) is 0 Å². The fraction of sp³-hybridized carbons (Fsp3) is 0.500. The molecule has 148 valence electrons. The quantitative estimate of drug-likeness (QED) is 0.342. The molecule has 0 aliphatic rings. The fourth-order valence-corrected chi connectivity index (χ4v) is 2.33. The van der Waals surface area contributed by atoms with Crippen LogP contribution in [0.15, 0.2) is 33.8 Å². The van der Waals surface area contributed by atoms with E-state index >= 15 is 0 Å². The summed E-state index contributed by atoms with van der Waals surface area (Å²) < 4.78 is 15.6. The van der Waals surface area contributed by atoms with Gasteiger partial charge in [-0.3, -0.25) is 4.99 Å². The molecule has 0 radical (unpaired) electrons. The molecule has 1 aromatic carbocycles. The van der Waals surface area contributed by atoms with Gasteiger partial charge in [0.05, 0.1) is 13.2 Å². The number of nitrogens with one attached hydrogen (secondary N) is 2. The first-order chi connectivity index (χ1) is 13.2. The van der Waals surface area contributed by atoms with Crippen molar-refractivity contribution in [3.63, 3.8) is 0 Å². The maximum atomic E-state index is 5.89. The van der Waals surface area contributed by atoms with Gasteiger partial charge in [0.25, 0.3) is 0 Å². The number of halogens is 1. The van der Waals surface area contributed by atoms with Crippen molar-refractivity contribution in [3.8, 4) is 11.4 Å². The van der Waals surface area contributed by atoms with Crippen molar-refractivity contribution in [2.75, 3.05) is 47.1 Å². The van der Waals surface area contributed by atoms with E-state index in [0.29, 0.717) is 49.5 Å². The predicted molar refractivity (Wildman–Crippen MR) is 105 cm³/mol. The molecule has 1 aromatic heterocycles. The minimum Gasteiger partial charge on any atom is -0.382 e. The molecule has 0 spiro atoms. The minimum absolute atomic E-state index is 0.553. The van der Waals surface area contributed by atoms with Gasteiger partial charge in [-0.2, -0.15) is 4.98 Å². The Kier molecular flexibility index (Phi) is 9.61. The van der Waals surface area contributed by atoms with E-state index in [-0.39, 0.29) is 0 Å². The molecule has 27 heavy (non-hydrogen) atoms. The molecule has 2 N–H and O–H groups in total. The summed E-state index contributed by atoms with van der Waals surface area (Å²) in [5.74, 6) is 1.84. The number of ether oxygens (including phenoxy) is 2. The molecule has 8 nitrogen and oxygen atoms in total. The van der Waals surface area contributed by atoms with E-state index in [9.17, 15) is 0 Å². The molecular formula is C18H26ClN5O3. The molecule has 0 bridgehead atoms. The Balaban J connectivity index is 1.65. The first kappa shape index (κ1) is 21.1. The number of aliphatic imine (C=N–C) groups is 1. The van der Waals surface area contributed by atoms with Crippen LogP contribution < -0.4 is 10.6 Å². The summed E-state index contributed by atoms with van der Waals surface area (Å²) in [7, 11) is 3.39. The first-order valence-corrected chi connectivity index (χ1v) is 9.20. The van der Waals surface area contributed by atoms with Crippen LogP contribution in [0.25, 0.3) is 11.4 Å². The molecule has 0 fully saturated rings.